The van der Waals surface area contributed by atoms with Crippen LogP contribution in [0, 0.1) is 0 Å². The summed E-state index contributed by atoms with van der Waals surface area (Å²) in [5.74, 6) is 0. The van der Waals surface area contributed by atoms with Gasteiger partial charge in [0.05, 0.1) is 0 Å². The second kappa shape index (κ2) is 6.09. The van der Waals surface area contributed by atoms with Gasteiger partial charge in [0.1, 0.15) is 0 Å². The Hall–Kier alpha value is -1.51. The van der Waals surface area contributed by atoms with Crippen molar-refractivity contribution in [2.45, 2.75) is 6.54 Å². The molecule has 0 saturated carbocycles. The summed E-state index contributed by atoms with van der Waals surface area (Å²) in [5.41, 5.74) is 1.30. The lowest BCUT2D eigenvalue weighted by Gasteiger charge is -2.32. The van der Waals surface area contributed by atoms with Crippen molar-refractivity contribution >= 4 is 41.7 Å². The van der Waals surface area contributed by atoms with E-state index in [1.165, 1.54) is 30.0 Å². The average Bonchev–Trinajstić information content (AvgIpc) is 2.94. The minimum Gasteiger partial charge on any atom is -0.296 e. The molecule has 0 aliphatic carbocycles. The fourth-order valence-electron chi connectivity index (χ4n) is 3.31. The van der Waals surface area contributed by atoms with Crippen molar-refractivity contribution in [3.8, 4) is 0 Å². The maximum atomic E-state index is 11.4. The highest BCUT2D eigenvalue weighted by atomic mass is 32.2. The first-order valence-corrected chi connectivity index (χ1v) is 10.2. The Morgan fingerprint density at radius 2 is 1.67 bits per heavy atom. The number of hydrogen-bond donors (Lipinski definition) is 1. The van der Waals surface area contributed by atoms with Crippen molar-refractivity contribution in [3.05, 3.63) is 48.0 Å². The number of nitrogens with two attached hydrogens (primary N) is 1. The van der Waals surface area contributed by atoms with Gasteiger partial charge in [-0.25, -0.2) is 5.14 Å². The molecule has 0 unspecified atom stereocenters. The SMILES string of the molecule is NS(=O)(=O)N1CCN(Cc2cccc3c2sc2ccccc23)CC1. The van der Waals surface area contributed by atoms with E-state index in [1.807, 2.05) is 11.3 Å². The van der Waals surface area contributed by atoms with Gasteiger partial charge in [-0.2, -0.15) is 12.7 Å². The Morgan fingerprint density at radius 1 is 0.958 bits per heavy atom. The molecule has 0 atom stereocenters. The summed E-state index contributed by atoms with van der Waals surface area (Å²) in [5, 5.41) is 7.81. The van der Waals surface area contributed by atoms with Crippen LogP contribution in [0.5, 0.6) is 0 Å². The lowest BCUT2D eigenvalue weighted by atomic mass is 10.1. The van der Waals surface area contributed by atoms with Gasteiger partial charge in [0.15, 0.2) is 0 Å². The van der Waals surface area contributed by atoms with E-state index in [1.54, 1.807) is 0 Å². The maximum absolute atomic E-state index is 11.4. The van der Waals surface area contributed by atoms with Crippen LogP contribution in [0.2, 0.25) is 0 Å². The van der Waals surface area contributed by atoms with Crippen LogP contribution < -0.4 is 5.14 Å². The Morgan fingerprint density at radius 3 is 2.42 bits per heavy atom. The first kappa shape index (κ1) is 16.0. The van der Waals surface area contributed by atoms with Crippen LogP contribution in [0.25, 0.3) is 20.2 Å². The summed E-state index contributed by atoms with van der Waals surface area (Å²) in [7, 11) is -3.57. The Kier molecular flexibility index (Phi) is 4.06. The Labute approximate surface area is 145 Å². The molecule has 1 aromatic heterocycles. The van der Waals surface area contributed by atoms with Crippen molar-refractivity contribution in [1.29, 1.82) is 0 Å². The molecule has 0 radical (unpaired) electrons. The number of rotatable bonds is 3. The molecule has 0 bridgehead atoms. The van der Waals surface area contributed by atoms with Crippen LogP contribution in [-0.4, -0.2) is 43.8 Å². The molecule has 2 heterocycles. The predicted molar refractivity (Wildman–Crippen MR) is 99.3 cm³/mol. The molecule has 3 aromatic rings. The van der Waals surface area contributed by atoms with Gasteiger partial charge in [0.25, 0.3) is 10.2 Å². The van der Waals surface area contributed by atoms with Crippen LogP contribution in [0.1, 0.15) is 5.56 Å². The lowest BCUT2D eigenvalue weighted by molar-refractivity contribution is 0.182. The smallest absolute Gasteiger partial charge is 0.276 e. The van der Waals surface area contributed by atoms with Crippen LogP contribution in [0.15, 0.2) is 42.5 Å². The number of hydrogen-bond acceptors (Lipinski definition) is 4. The van der Waals surface area contributed by atoms with Gasteiger partial charge >= 0.3 is 0 Å². The van der Waals surface area contributed by atoms with Gasteiger partial charge in [-0.3, -0.25) is 4.90 Å². The minimum atomic E-state index is -3.57. The standard InChI is InChI=1S/C17H19N3O2S2/c18-24(21,22)20-10-8-19(9-11-20)12-13-4-3-6-15-14-5-1-2-7-16(14)23-17(13)15/h1-7H,8-12H2,(H2,18,21,22). The molecule has 2 aromatic carbocycles. The first-order valence-electron chi connectivity index (χ1n) is 7.92. The molecule has 1 aliphatic heterocycles. The number of piperazine rings is 1. The fourth-order valence-corrected chi connectivity index (χ4v) is 5.19. The van der Waals surface area contributed by atoms with Crippen LogP contribution in [0.3, 0.4) is 0 Å². The summed E-state index contributed by atoms with van der Waals surface area (Å²) in [6, 6.07) is 14.9. The van der Waals surface area contributed by atoms with E-state index in [0.717, 1.165) is 6.54 Å². The fraction of sp³-hybridized carbons (Fsp3) is 0.294. The molecule has 4 rings (SSSR count). The largest absolute Gasteiger partial charge is 0.296 e. The van der Waals surface area contributed by atoms with Crippen molar-refractivity contribution in [1.82, 2.24) is 9.21 Å². The van der Waals surface area contributed by atoms with Gasteiger partial charge in [-0.1, -0.05) is 36.4 Å². The summed E-state index contributed by atoms with van der Waals surface area (Å²) in [6.45, 7) is 3.17. The quantitative estimate of drug-likeness (QED) is 0.779. The van der Waals surface area contributed by atoms with E-state index in [0.29, 0.717) is 26.2 Å². The zero-order valence-electron chi connectivity index (χ0n) is 13.2. The third-order valence-electron chi connectivity index (χ3n) is 4.57. The van der Waals surface area contributed by atoms with E-state index < -0.39 is 10.2 Å². The Balaban J connectivity index is 1.59. The molecule has 126 valence electrons. The minimum absolute atomic E-state index is 0.460. The second-order valence-electron chi connectivity index (χ2n) is 6.11. The van der Waals surface area contributed by atoms with Gasteiger partial charge in [0, 0.05) is 52.9 Å². The van der Waals surface area contributed by atoms with Crippen molar-refractivity contribution in [2.75, 3.05) is 26.2 Å². The first-order chi connectivity index (χ1) is 11.5. The van der Waals surface area contributed by atoms with Gasteiger partial charge < -0.3 is 0 Å². The zero-order valence-corrected chi connectivity index (χ0v) is 14.8. The molecule has 1 saturated heterocycles. The highest BCUT2D eigenvalue weighted by Gasteiger charge is 2.24. The van der Waals surface area contributed by atoms with Crippen LogP contribution in [-0.2, 0) is 16.8 Å². The predicted octanol–water partition coefficient (Wildman–Crippen LogP) is 2.38. The number of benzene rings is 2. The van der Waals surface area contributed by atoms with Crippen molar-refractivity contribution in [2.24, 2.45) is 5.14 Å². The highest BCUT2D eigenvalue weighted by molar-refractivity contribution is 7.86. The number of fused-ring (bicyclic) bond motifs is 3. The molecule has 7 heteroatoms. The van der Waals surface area contributed by atoms with E-state index in [4.69, 9.17) is 5.14 Å². The molecule has 1 aliphatic rings. The van der Waals surface area contributed by atoms with E-state index in [-0.39, 0.29) is 0 Å². The second-order valence-corrected chi connectivity index (χ2v) is 8.71. The molecule has 2 N–H and O–H groups in total. The molecule has 1 fully saturated rings. The third-order valence-corrected chi connectivity index (χ3v) is 6.92. The average molecular weight is 361 g/mol. The number of thiophene rings is 1. The van der Waals surface area contributed by atoms with Crippen LogP contribution >= 0.6 is 11.3 Å². The maximum Gasteiger partial charge on any atom is 0.276 e. The monoisotopic (exact) mass is 361 g/mol. The molecular formula is C17H19N3O2S2. The molecule has 5 nitrogen and oxygen atoms in total. The molecule has 24 heavy (non-hydrogen) atoms. The molecule has 0 spiro atoms. The summed E-state index contributed by atoms with van der Waals surface area (Å²) < 4.78 is 26.8. The van der Waals surface area contributed by atoms with Gasteiger partial charge in [-0.15, -0.1) is 11.3 Å². The summed E-state index contributed by atoms with van der Waals surface area (Å²) in [6.07, 6.45) is 0. The topological polar surface area (TPSA) is 66.6 Å². The van der Waals surface area contributed by atoms with E-state index >= 15 is 0 Å². The van der Waals surface area contributed by atoms with Gasteiger partial charge in [0.2, 0.25) is 0 Å². The Bertz CT molecular complexity index is 989. The van der Waals surface area contributed by atoms with Gasteiger partial charge in [-0.05, 0) is 11.6 Å². The van der Waals surface area contributed by atoms with Crippen molar-refractivity contribution in [3.63, 3.8) is 0 Å². The number of nitrogens with zero attached hydrogens (tertiary/aromatic N) is 2. The van der Waals surface area contributed by atoms with Crippen molar-refractivity contribution < 1.29 is 8.42 Å². The van der Waals surface area contributed by atoms with E-state index in [9.17, 15) is 8.42 Å². The molecule has 0 amide bonds. The summed E-state index contributed by atoms with van der Waals surface area (Å²) >= 11 is 1.83. The third kappa shape index (κ3) is 2.94. The van der Waals surface area contributed by atoms with E-state index in [2.05, 4.69) is 47.4 Å². The highest BCUT2D eigenvalue weighted by Crippen LogP contribution is 2.36. The van der Waals surface area contributed by atoms with Crippen LogP contribution in [0.4, 0.5) is 0 Å². The lowest BCUT2D eigenvalue weighted by Crippen LogP contribution is -2.50. The normalized spacial score (nSPS) is 17.7. The zero-order chi connectivity index (χ0) is 16.7. The molecular weight excluding hydrogens is 342 g/mol. The summed E-state index contributed by atoms with van der Waals surface area (Å²) in [4.78, 5) is 2.29.